The number of rotatable bonds is 4. The van der Waals surface area contributed by atoms with E-state index in [-0.39, 0.29) is 16.2 Å². The Morgan fingerprint density at radius 2 is 1.26 bits per heavy atom. The summed E-state index contributed by atoms with van der Waals surface area (Å²) in [5.41, 5.74) is 12.9. The predicted octanol–water partition coefficient (Wildman–Crippen LogP) is 12.6. The number of hydrogen-bond donors (Lipinski definition) is 0. The summed E-state index contributed by atoms with van der Waals surface area (Å²) in [6, 6.07) is 43.4. The molecule has 4 saturated carbocycles. The van der Waals surface area contributed by atoms with E-state index in [2.05, 4.69) is 148 Å². The molecule has 1 heterocycles. The van der Waals surface area contributed by atoms with Crippen molar-refractivity contribution >= 4 is 17.1 Å². The van der Waals surface area contributed by atoms with E-state index in [4.69, 9.17) is 4.74 Å². The molecule has 2 bridgehead atoms. The van der Waals surface area contributed by atoms with E-state index in [0.29, 0.717) is 5.41 Å². The second-order valence-corrected chi connectivity index (χ2v) is 18.1. The van der Waals surface area contributed by atoms with Crippen LogP contribution < -0.4 is 9.64 Å². The molecule has 5 aliphatic carbocycles. The van der Waals surface area contributed by atoms with Crippen LogP contribution in [0.5, 0.6) is 11.5 Å². The Bertz CT molecular complexity index is 2200. The second kappa shape index (κ2) is 9.72. The van der Waals surface area contributed by atoms with E-state index in [1.54, 1.807) is 0 Å². The lowest BCUT2D eigenvalue weighted by atomic mass is 9.26. The Balaban J connectivity index is 1.01. The molecule has 5 aromatic carbocycles. The van der Waals surface area contributed by atoms with Crippen molar-refractivity contribution in [2.45, 2.75) is 82.5 Å². The number of para-hydroxylation sites is 3. The fourth-order valence-electron chi connectivity index (χ4n) is 12.9. The highest BCUT2D eigenvalue weighted by Crippen LogP contribution is 2.89. The molecule has 0 radical (unpaired) electrons. The number of hydrogen-bond acceptors (Lipinski definition) is 2. The third-order valence-corrected chi connectivity index (χ3v) is 15.1. The molecule has 6 aliphatic rings. The third kappa shape index (κ3) is 3.56. The van der Waals surface area contributed by atoms with Crippen LogP contribution in [0.2, 0.25) is 0 Å². The summed E-state index contributed by atoms with van der Waals surface area (Å²) in [5, 5.41) is 0. The Kier molecular flexibility index (Phi) is 5.72. The number of nitrogens with zero attached hydrogens (tertiary/aromatic N) is 1. The fraction of sp³-hybridized carbons (Fsp3) is 0.375. The van der Waals surface area contributed by atoms with Crippen LogP contribution in [0.1, 0.15) is 88.5 Å². The summed E-state index contributed by atoms with van der Waals surface area (Å²) in [6.07, 6.45) is 8.18. The molecule has 1 aliphatic heterocycles. The minimum Gasteiger partial charge on any atom is -0.456 e. The minimum absolute atomic E-state index is 0.102. The maximum atomic E-state index is 6.98. The Morgan fingerprint density at radius 1 is 0.580 bits per heavy atom. The van der Waals surface area contributed by atoms with E-state index < -0.39 is 0 Å². The topological polar surface area (TPSA) is 12.5 Å². The molecule has 2 nitrogen and oxygen atoms in total. The first-order valence-electron chi connectivity index (χ1n) is 19.2. The first-order valence-corrected chi connectivity index (χ1v) is 19.2. The Hall–Kier alpha value is -4.30. The molecule has 0 saturated heterocycles. The molecule has 0 N–H and O–H groups in total. The smallest absolute Gasteiger partial charge is 0.139 e. The van der Waals surface area contributed by atoms with E-state index in [0.717, 1.165) is 35.2 Å². The number of ether oxygens (including phenoxy) is 1. The van der Waals surface area contributed by atoms with E-state index in [1.165, 1.54) is 89.0 Å². The molecule has 5 aromatic rings. The van der Waals surface area contributed by atoms with Crippen molar-refractivity contribution in [1.82, 2.24) is 0 Å². The average molecular weight is 654 g/mol. The fourth-order valence-corrected chi connectivity index (χ4v) is 12.9. The third-order valence-electron chi connectivity index (χ3n) is 15.1. The van der Waals surface area contributed by atoms with Gasteiger partial charge in [0, 0.05) is 39.2 Å². The van der Waals surface area contributed by atoms with Gasteiger partial charge in [-0.15, -0.1) is 0 Å². The SMILES string of the molecule is CC1(C)CCC(C)(C)c2cc(N(c3ccccc3)c3ccc(-c4cccc5c4Oc4ccccc4C54C5CC6CC7CC4C75C6)cc3)ccc21. The van der Waals surface area contributed by atoms with Gasteiger partial charge in [-0.25, -0.2) is 0 Å². The summed E-state index contributed by atoms with van der Waals surface area (Å²) >= 11 is 0. The molecule has 6 unspecified atom stereocenters. The number of benzene rings is 5. The summed E-state index contributed by atoms with van der Waals surface area (Å²) in [7, 11) is 0. The lowest BCUT2D eigenvalue weighted by Gasteiger charge is -2.77. The van der Waals surface area contributed by atoms with Gasteiger partial charge in [-0.3, -0.25) is 0 Å². The zero-order valence-corrected chi connectivity index (χ0v) is 29.9. The van der Waals surface area contributed by atoms with Crippen LogP contribution in [0, 0.1) is 29.1 Å². The second-order valence-electron chi connectivity index (χ2n) is 18.1. The van der Waals surface area contributed by atoms with Gasteiger partial charge in [-0.05, 0) is 138 Å². The van der Waals surface area contributed by atoms with Gasteiger partial charge in [-0.1, -0.05) is 100 Å². The van der Waals surface area contributed by atoms with Gasteiger partial charge in [0.2, 0.25) is 0 Å². The first kappa shape index (κ1) is 29.4. The molecule has 2 spiro atoms. The minimum atomic E-state index is 0.102. The van der Waals surface area contributed by atoms with Gasteiger partial charge >= 0.3 is 0 Å². The Morgan fingerprint density at radius 3 is 2.06 bits per heavy atom. The van der Waals surface area contributed by atoms with Crippen molar-refractivity contribution in [3.8, 4) is 22.6 Å². The molecule has 0 amide bonds. The molecule has 6 atom stereocenters. The highest BCUT2D eigenvalue weighted by molar-refractivity contribution is 5.82. The summed E-state index contributed by atoms with van der Waals surface area (Å²) < 4.78 is 6.98. The van der Waals surface area contributed by atoms with Gasteiger partial charge in [0.25, 0.3) is 0 Å². The molecule has 2 heteroatoms. The maximum absolute atomic E-state index is 6.98. The standard InChI is InChI=1S/C48H47NO/c1-45(2)23-24-46(3,4)40-28-35(21-22-37(40)45)49(33-11-6-5-7-12-33)34-19-17-31(18-20-34)36-13-10-15-39-44(36)50-41-16-9-8-14-38(41)48(39)42-26-30-25-32-27-43(48)47(32,42)29-30/h5-22,28,30,32,42-43H,23-27,29H2,1-4H3. The highest BCUT2D eigenvalue weighted by Gasteiger charge is 2.84. The van der Waals surface area contributed by atoms with Crippen LogP contribution in [0.3, 0.4) is 0 Å². The monoisotopic (exact) mass is 653 g/mol. The molecule has 0 aromatic heterocycles. The lowest BCUT2D eigenvalue weighted by molar-refractivity contribution is -0.235. The molecule has 4 fully saturated rings. The molecular formula is C48H47NO. The van der Waals surface area contributed by atoms with Crippen LogP contribution in [0.25, 0.3) is 11.1 Å². The highest BCUT2D eigenvalue weighted by atomic mass is 16.5. The largest absolute Gasteiger partial charge is 0.456 e. The van der Waals surface area contributed by atoms with Crippen LogP contribution in [0.4, 0.5) is 17.1 Å². The van der Waals surface area contributed by atoms with E-state index in [9.17, 15) is 0 Å². The van der Waals surface area contributed by atoms with Crippen molar-refractivity contribution in [3.05, 3.63) is 138 Å². The van der Waals surface area contributed by atoms with Crippen LogP contribution in [-0.4, -0.2) is 0 Å². The normalized spacial score (nSPS) is 31.0. The molecule has 250 valence electrons. The van der Waals surface area contributed by atoms with Gasteiger partial charge in [-0.2, -0.15) is 0 Å². The zero-order chi connectivity index (χ0) is 33.6. The summed E-state index contributed by atoms with van der Waals surface area (Å²) in [6.45, 7) is 9.65. The zero-order valence-electron chi connectivity index (χ0n) is 29.9. The van der Waals surface area contributed by atoms with Crippen molar-refractivity contribution in [3.63, 3.8) is 0 Å². The molecular weight excluding hydrogens is 607 g/mol. The summed E-state index contributed by atoms with van der Waals surface area (Å²) in [4.78, 5) is 2.43. The van der Waals surface area contributed by atoms with Crippen molar-refractivity contribution in [1.29, 1.82) is 0 Å². The van der Waals surface area contributed by atoms with Gasteiger partial charge in [0.15, 0.2) is 0 Å². The van der Waals surface area contributed by atoms with E-state index >= 15 is 0 Å². The number of anilines is 3. The average Bonchev–Trinajstić information content (AvgIpc) is 3.66. The molecule has 11 rings (SSSR count). The van der Waals surface area contributed by atoms with Gasteiger partial charge < -0.3 is 9.64 Å². The van der Waals surface area contributed by atoms with Crippen LogP contribution in [0.15, 0.2) is 115 Å². The van der Waals surface area contributed by atoms with Gasteiger partial charge in [0.1, 0.15) is 11.5 Å². The van der Waals surface area contributed by atoms with E-state index in [1.807, 2.05) is 0 Å². The van der Waals surface area contributed by atoms with Crippen LogP contribution in [-0.2, 0) is 16.2 Å². The van der Waals surface area contributed by atoms with Crippen molar-refractivity contribution < 1.29 is 4.74 Å². The molecule has 50 heavy (non-hydrogen) atoms. The predicted molar refractivity (Wildman–Crippen MR) is 204 cm³/mol. The van der Waals surface area contributed by atoms with Crippen LogP contribution >= 0.6 is 0 Å². The van der Waals surface area contributed by atoms with Gasteiger partial charge in [0.05, 0.1) is 0 Å². The number of fused-ring (bicyclic) bond motifs is 8. The Labute approximate surface area is 297 Å². The first-order chi connectivity index (χ1) is 24.2. The lowest BCUT2D eigenvalue weighted by Crippen LogP contribution is -2.74. The van der Waals surface area contributed by atoms with Crippen molar-refractivity contribution in [2.75, 3.05) is 4.90 Å². The van der Waals surface area contributed by atoms with Crippen molar-refractivity contribution in [2.24, 2.45) is 29.1 Å². The maximum Gasteiger partial charge on any atom is 0.139 e. The quantitative estimate of drug-likeness (QED) is 0.191. The summed E-state index contributed by atoms with van der Waals surface area (Å²) in [5.74, 6) is 5.59.